The molecule has 44 heavy (non-hydrogen) atoms. The van der Waals surface area contributed by atoms with Crippen LogP contribution in [-0.2, 0) is 32.1 Å². The van der Waals surface area contributed by atoms with Crippen molar-refractivity contribution >= 4 is 23.8 Å². The largest absolute Gasteiger partial charge is 0.508 e. The number of phenols is 1. The van der Waals surface area contributed by atoms with E-state index in [-0.39, 0.29) is 18.1 Å². The van der Waals surface area contributed by atoms with Crippen molar-refractivity contribution in [2.45, 2.75) is 77.2 Å². The Morgan fingerprint density at radius 3 is 2.20 bits per heavy atom. The van der Waals surface area contributed by atoms with Gasteiger partial charge in [-0.2, -0.15) is 0 Å². The summed E-state index contributed by atoms with van der Waals surface area (Å²) in [4.78, 5) is 58.4. The lowest BCUT2D eigenvalue weighted by molar-refractivity contribution is -0.138. The zero-order valence-corrected chi connectivity index (χ0v) is 26.1. The van der Waals surface area contributed by atoms with E-state index >= 15 is 0 Å². The number of carbonyl (C=O) groups excluding carboxylic acids is 4. The van der Waals surface area contributed by atoms with Crippen LogP contribution in [0.25, 0.3) is 0 Å². The van der Waals surface area contributed by atoms with E-state index in [1.807, 2.05) is 18.2 Å². The highest BCUT2D eigenvalue weighted by Crippen LogP contribution is 2.21. The summed E-state index contributed by atoms with van der Waals surface area (Å²) in [5.41, 5.74) is 1.30. The van der Waals surface area contributed by atoms with Crippen molar-refractivity contribution in [3.8, 4) is 5.75 Å². The maximum absolute atomic E-state index is 13.8. The van der Waals surface area contributed by atoms with E-state index in [9.17, 15) is 24.3 Å². The molecule has 4 rings (SSSR count). The van der Waals surface area contributed by atoms with Gasteiger partial charge in [-0.1, -0.05) is 42.5 Å². The Bertz CT molecular complexity index is 1290. The highest BCUT2D eigenvalue weighted by molar-refractivity contribution is 5.94. The number of piperazine rings is 1. The number of nitrogens with zero attached hydrogens (tertiary/aromatic N) is 3. The number of aromatic hydroxyl groups is 1. The molecule has 2 aliphatic heterocycles. The molecule has 4 amide bonds. The zero-order chi connectivity index (χ0) is 31.9. The van der Waals surface area contributed by atoms with Crippen LogP contribution >= 0.6 is 0 Å². The molecule has 2 fully saturated rings. The molecule has 2 aromatic carbocycles. The summed E-state index contributed by atoms with van der Waals surface area (Å²) in [7, 11) is 0. The number of ether oxygens (including phenoxy) is 1. The van der Waals surface area contributed by atoms with Gasteiger partial charge in [-0.25, -0.2) is 4.79 Å². The fraction of sp³-hybridized carbons (Fsp3) is 0.515. The first-order valence-corrected chi connectivity index (χ1v) is 15.3. The Morgan fingerprint density at radius 2 is 1.57 bits per heavy atom. The third-order valence-corrected chi connectivity index (χ3v) is 7.86. The molecule has 0 aliphatic carbocycles. The van der Waals surface area contributed by atoms with E-state index in [2.05, 4.69) is 27.7 Å². The smallest absolute Gasteiger partial charge is 0.410 e. The molecule has 2 saturated heterocycles. The van der Waals surface area contributed by atoms with Crippen LogP contribution in [0.4, 0.5) is 4.79 Å². The van der Waals surface area contributed by atoms with Crippen LogP contribution in [0.1, 0.15) is 51.7 Å². The molecule has 0 radical (unpaired) electrons. The van der Waals surface area contributed by atoms with Crippen molar-refractivity contribution in [2.24, 2.45) is 0 Å². The number of carbonyl (C=O) groups is 4. The molecule has 3 atom stereocenters. The topological polar surface area (TPSA) is 132 Å². The lowest BCUT2D eigenvalue weighted by Crippen LogP contribution is -2.58. The minimum absolute atomic E-state index is 0.110. The number of benzene rings is 2. The van der Waals surface area contributed by atoms with Gasteiger partial charge in [-0.05, 0) is 63.8 Å². The third kappa shape index (κ3) is 9.19. The first-order valence-electron chi connectivity index (χ1n) is 15.3. The first kappa shape index (κ1) is 32.8. The van der Waals surface area contributed by atoms with Crippen molar-refractivity contribution in [1.82, 2.24) is 25.3 Å². The molecule has 3 N–H and O–H groups in total. The molecule has 0 saturated carbocycles. The lowest BCUT2D eigenvalue weighted by Gasteiger charge is -2.36. The molecule has 11 nitrogen and oxygen atoms in total. The van der Waals surface area contributed by atoms with Gasteiger partial charge in [-0.15, -0.1) is 0 Å². The Balaban J connectivity index is 1.38. The van der Waals surface area contributed by atoms with E-state index in [4.69, 9.17) is 4.74 Å². The Labute approximate surface area is 259 Å². The number of amides is 4. The van der Waals surface area contributed by atoms with Crippen molar-refractivity contribution in [2.75, 3.05) is 32.7 Å². The first-order chi connectivity index (χ1) is 20.9. The molecular formula is C33H45N5O6. The molecule has 11 heteroatoms. The Hall–Kier alpha value is -4.12. The molecular weight excluding hydrogens is 562 g/mol. The van der Waals surface area contributed by atoms with Gasteiger partial charge in [0.25, 0.3) is 0 Å². The van der Waals surface area contributed by atoms with Gasteiger partial charge in [0.15, 0.2) is 0 Å². The molecule has 238 valence electrons. The SMILES string of the molecule is CC(NC(=O)C1CCCN1C(=O)OC(C)(C)C)C(=O)NC(Cc1ccc(O)cc1)C(=O)N1CCN(Cc2ccccc2)CC1. The molecule has 2 aliphatic rings. The highest BCUT2D eigenvalue weighted by atomic mass is 16.6. The van der Waals surface area contributed by atoms with E-state index in [1.54, 1.807) is 56.9 Å². The monoisotopic (exact) mass is 607 g/mol. The lowest BCUT2D eigenvalue weighted by atomic mass is 10.0. The van der Waals surface area contributed by atoms with Crippen molar-refractivity contribution in [3.63, 3.8) is 0 Å². The second-order valence-corrected chi connectivity index (χ2v) is 12.6. The number of likely N-dealkylation sites (tertiary alicyclic amines) is 1. The van der Waals surface area contributed by atoms with Crippen LogP contribution in [0.5, 0.6) is 5.75 Å². The molecule has 0 bridgehead atoms. The fourth-order valence-corrected chi connectivity index (χ4v) is 5.51. The number of hydrogen-bond donors (Lipinski definition) is 3. The van der Waals surface area contributed by atoms with Crippen LogP contribution in [-0.4, -0.2) is 100 Å². The Morgan fingerprint density at radius 1 is 0.909 bits per heavy atom. The second kappa shape index (κ2) is 14.6. The van der Waals surface area contributed by atoms with Gasteiger partial charge in [0, 0.05) is 45.7 Å². The quantitative estimate of drug-likeness (QED) is 0.400. The number of hydrogen-bond acceptors (Lipinski definition) is 7. The van der Waals surface area contributed by atoms with Gasteiger partial charge in [0.2, 0.25) is 17.7 Å². The van der Waals surface area contributed by atoms with E-state index < -0.39 is 41.6 Å². The van der Waals surface area contributed by atoms with Crippen LogP contribution < -0.4 is 10.6 Å². The molecule has 2 aromatic rings. The van der Waals surface area contributed by atoms with Crippen LogP contribution in [0.2, 0.25) is 0 Å². The minimum Gasteiger partial charge on any atom is -0.508 e. The zero-order valence-electron chi connectivity index (χ0n) is 26.1. The van der Waals surface area contributed by atoms with E-state index in [0.717, 1.165) is 12.1 Å². The predicted molar refractivity (Wildman–Crippen MR) is 166 cm³/mol. The molecule has 2 heterocycles. The summed E-state index contributed by atoms with van der Waals surface area (Å²) < 4.78 is 5.46. The standard InChI is InChI=1S/C33H45N5O6/c1-23(34-30(41)28-11-8-16-38(28)32(43)44-33(2,3)4)29(40)35-27(21-24-12-14-26(39)15-13-24)31(42)37-19-17-36(18-20-37)22-25-9-6-5-7-10-25/h5-7,9-10,12-15,23,27-28,39H,8,11,16-22H2,1-4H3,(H,34,41)(H,35,40). The van der Waals surface area contributed by atoms with Gasteiger partial charge in [0.05, 0.1) is 0 Å². The molecule has 0 aromatic heterocycles. The molecule has 3 unspecified atom stereocenters. The van der Waals surface area contributed by atoms with Crippen LogP contribution in [0.3, 0.4) is 0 Å². The summed E-state index contributed by atoms with van der Waals surface area (Å²) >= 11 is 0. The van der Waals surface area contributed by atoms with Gasteiger partial charge in [0.1, 0.15) is 29.5 Å². The second-order valence-electron chi connectivity index (χ2n) is 12.6. The summed E-state index contributed by atoms with van der Waals surface area (Å²) in [5, 5.41) is 15.3. The normalized spacial score (nSPS) is 18.8. The number of phenolic OH excluding ortho intramolecular Hbond substituents is 1. The highest BCUT2D eigenvalue weighted by Gasteiger charge is 2.38. The Kier molecular flexibility index (Phi) is 10.9. The fourth-order valence-electron chi connectivity index (χ4n) is 5.51. The summed E-state index contributed by atoms with van der Waals surface area (Å²) in [5.74, 6) is -1.03. The third-order valence-electron chi connectivity index (χ3n) is 7.86. The average molecular weight is 608 g/mol. The maximum atomic E-state index is 13.8. The van der Waals surface area contributed by atoms with Crippen LogP contribution in [0, 0.1) is 0 Å². The van der Waals surface area contributed by atoms with Crippen molar-refractivity contribution in [3.05, 3.63) is 65.7 Å². The van der Waals surface area contributed by atoms with Gasteiger partial charge < -0.3 is 25.4 Å². The summed E-state index contributed by atoms with van der Waals surface area (Å²) in [6.07, 6.45) is 0.790. The van der Waals surface area contributed by atoms with E-state index in [0.29, 0.717) is 45.6 Å². The van der Waals surface area contributed by atoms with Crippen molar-refractivity contribution in [1.29, 1.82) is 0 Å². The summed E-state index contributed by atoms with van der Waals surface area (Å²) in [6.45, 7) is 10.5. The summed E-state index contributed by atoms with van der Waals surface area (Å²) in [6, 6.07) is 14.2. The van der Waals surface area contributed by atoms with Crippen LogP contribution in [0.15, 0.2) is 54.6 Å². The number of rotatable bonds is 9. The van der Waals surface area contributed by atoms with Gasteiger partial charge in [-0.3, -0.25) is 24.2 Å². The van der Waals surface area contributed by atoms with Gasteiger partial charge >= 0.3 is 6.09 Å². The molecule has 0 spiro atoms. The number of nitrogens with one attached hydrogen (secondary N) is 2. The average Bonchev–Trinajstić information content (AvgIpc) is 3.48. The van der Waals surface area contributed by atoms with E-state index in [1.165, 1.54) is 10.5 Å². The maximum Gasteiger partial charge on any atom is 0.410 e. The predicted octanol–water partition coefficient (Wildman–Crippen LogP) is 2.67. The van der Waals surface area contributed by atoms with Crippen molar-refractivity contribution < 1.29 is 29.0 Å². The minimum atomic E-state index is -0.943.